The number of hydrogen-bond acceptors (Lipinski definition) is 9. The molecule has 0 fully saturated rings. The van der Waals surface area contributed by atoms with Crippen molar-refractivity contribution in [1.29, 1.82) is 0 Å². The zero-order valence-electron chi connectivity index (χ0n) is 15.0. The zero-order valence-corrected chi connectivity index (χ0v) is 15.8. The SMILES string of the molecule is O=C(NNc1ncnc(NNC(=O)c2ccccc2Cl)c1[N+](=O)[O-])c1ccncc1. The molecule has 12 nitrogen and oxygen atoms in total. The molecular formula is C17H13ClN8O4. The monoisotopic (exact) mass is 428 g/mol. The number of pyridine rings is 1. The van der Waals surface area contributed by atoms with E-state index in [4.69, 9.17) is 11.6 Å². The van der Waals surface area contributed by atoms with Gasteiger partial charge in [-0.05, 0) is 24.3 Å². The first-order valence-corrected chi connectivity index (χ1v) is 8.62. The maximum absolute atomic E-state index is 12.2. The Labute approximate surface area is 173 Å². The number of aromatic nitrogens is 3. The fraction of sp³-hybridized carbons (Fsp3) is 0. The molecule has 13 heteroatoms. The number of hydrogen-bond donors (Lipinski definition) is 4. The van der Waals surface area contributed by atoms with Crippen molar-refractivity contribution in [3.63, 3.8) is 0 Å². The van der Waals surface area contributed by atoms with Crippen LogP contribution in [0.15, 0.2) is 55.1 Å². The number of nitro groups is 1. The van der Waals surface area contributed by atoms with E-state index in [9.17, 15) is 19.7 Å². The number of nitrogens with zero attached hydrogens (tertiary/aromatic N) is 4. The predicted molar refractivity (Wildman–Crippen MR) is 107 cm³/mol. The van der Waals surface area contributed by atoms with Gasteiger partial charge in [0.1, 0.15) is 6.33 Å². The molecule has 30 heavy (non-hydrogen) atoms. The Morgan fingerprint density at radius 3 is 2.13 bits per heavy atom. The van der Waals surface area contributed by atoms with Gasteiger partial charge in [-0.15, -0.1) is 0 Å². The lowest BCUT2D eigenvalue weighted by atomic mass is 10.2. The van der Waals surface area contributed by atoms with E-state index in [2.05, 4.69) is 36.7 Å². The first-order chi connectivity index (χ1) is 14.5. The van der Waals surface area contributed by atoms with Crippen LogP contribution in [0.1, 0.15) is 20.7 Å². The topological polar surface area (TPSA) is 164 Å². The quantitative estimate of drug-likeness (QED) is 0.325. The van der Waals surface area contributed by atoms with Crippen molar-refractivity contribution >= 4 is 40.7 Å². The number of nitrogens with one attached hydrogen (secondary N) is 4. The Morgan fingerprint density at radius 2 is 1.53 bits per heavy atom. The van der Waals surface area contributed by atoms with Gasteiger partial charge in [0.25, 0.3) is 11.8 Å². The smallest absolute Gasteiger partial charge is 0.276 e. The van der Waals surface area contributed by atoms with Gasteiger partial charge in [0.15, 0.2) is 0 Å². The van der Waals surface area contributed by atoms with Gasteiger partial charge in [0.05, 0.1) is 15.5 Å². The molecule has 0 aliphatic carbocycles. The molecule has 0 bridgehead atoms. The Balaban J connectivity index is 1.74. The molecule has 1 aromatic carbocycles. The molecule has 4 N–H and O–H groups in total. The molecule has 2 aromatic heterocycles. The Kier molecular flexibility index (Phi) is 6.29. The van der Waals surface area contributed by atoms with E-state index < -0.39 is 22.4 Å². The third-order valence-corrected chi connectivity index (χ3v) is 3.98. The van der Waals surface area contributed by atoms with Crippen molar-refractivity contribution in [2.24, 2.45) is 0 Å². The van der Waals surface area contributed by atoms with Gasteiger partial charge in [-0.3, -0.25) is 46.4 Å². The number of halogens is 1. The van der Waals surface area contributed by atoms with Crippen LogP contribution in [0, 0.1) is 10.1 Å². The molecule has 2 heterocycles. The van der Waals surface area contributed by atoms with Crippen LogP contribution in [-0.2, 0) is 0 Å². The summed E-state index contributed by atoms with van der Waals surface area (Å²) in [4.78, 5) is 46.4. The number of anilines is 2. The Bertz CT molecular complexity index is 1100. The molecule has 0 saturated heterocycles. The summed E-state index contributed by atoms with van der Waals surface area (Å²) in [6.07, 6.45) is 3.86. The van der Waals surface area contributed by atoms with Gasteiger partial charge in [0.2, 0.25) is 11.6 Å². The van der Waals surface area contributed by atoms with E-state index in [1.54, 1.807) is 12.1 Å². The lowest BCUT2D eigenvalue weighted by Gasteiger charge is -2.12. The lowest BCUT2D eigenvalue weighted by Crippen LogP contribution is -2.32. The zero-order chi connectivity index (χ0) is 21.5. The van der Waals surface area contributed by atoms with E-state index in [-0.39, 0.29) is 27.8 Å². The molecule has 2 amide bonds. The van der Waals surface area contributed by atoms with Crippen molar-refractivity contribution < 1.29 is 14.5 Å². The highest BCUT2D eigenvalue weighted by Gasteiger charge is 2.24. The summed E-state index contributed by atoms with van der Waals surface area (Å²) in [6, 6.07) is 9.19. The van der Waals surface area contributed by atoms with Crippen LogP contribution in [0.3, 0.4) is 0 Å². The minimum atomic E-state index is -0.773. The number of carbonyl (C=O) groups excluding carboxylic acids is 2. The second kappa shape index (κ2) is 9.25. The van der Waals surface area contributed by atoms with Gasteiger partial charge in [-0.1, -0.05) is 23.7 Å². The molecule has 3 rings (SSSR count). The number of hydrazine groups is 2. The van der Waals surface area contributed by atoms with Crippen molar-refractivity contribution in [3.8, 4) is 0 Å². The third kappa shape index (κ3) is 4.74. The molecule has 0 radical (unpaired) electrons. The second-order valence-corrected chi connectivity index (χ2v) is 5.96. The summed E-state index contributed by atoms with van der Waals surface area (Å²) in [5.74, 6) is -1.80. The predicted octanol–water partition coefficient (Wildman–Crippen LogP) is 1.95. The molecule has 0 aliphatic rings. The summed E-state index contributed by atoms with van der Waals surface area (Å²) in [6.45, 7) is 0. The van der Waals surface area contributed by atoms with Crippen LogP contribution in [0.2, 0.25) is 5.02 Å². The first kappa shape index (κ1) is 20.4. The van der Waals surface area contributed by atoms with Gasteiger partial charge < -0.3 is 0 Å². The van der Waals surface area contributed by atoms with E-state index in [1.807, 2.05) is 0 Å². The average Bonchev–Trinajstić information content (AvgIpc) is 2.76. The minimum Gasteiger partial charge on any atom is -0.276 e. The number of rotatable bonds is 7. The van der Waals surface area contributed by atoms with Crippen LogP contribution in [0.4, 0.5) is 17.3 Å². The van der Waals surface area contributed by atoms with Gasteiger partial charge in [0, 0.05) is 18.0 Å². The standard InChI is InChI=1S/C17H13ClN8O4/c18-12-4-2-1-3-11(12)17(28)25-23-15-13(26(29)30)14(20-9-21-15)22-24-16(27)10-5-7-19-8-6-10/h1-9H,(H,24,27)(H,25,28)(H2,20,21,22,23). The van der Waals surface area contributed by atoms with Crippen LogP contribution in [-0.4, -0.2) is 31.7 Å². The highest BCUT2D eigenvalue weighted by atomic mass is 35.5. The molecule has 3 aromatic rings. The van der Waals surface area contributed by atoms with Crippen LogP contribution < -0.4 is 21.7 Å². The highest BCUT2D eigenvalue weighted by Crippen LogP contribution is 2.28. The van der Waals surface area contributed by atoms with Crippen molar-refractivity contribution in [2.45, 2.75) is 0 Å². The molecule has 152 valence electrons. The fourth-order valence-corrected chi connectivity index (χ4v) is 2.48. The molecule has 0 saturated carbocycles. The summed E-state index contributed by atoms with van der Waals surface area (Å²) >= 11 is 5.95. The minimum absolute atomic E-state index is 0.159. The molecule has 0 spiro atoms. The highest BCUT2D eigenvalue weighted by molar-refractivity contribution is 6.33. The Morgan fingerprint density at radius 1 is 0.933 bits per heavy atom. The van der Waals surface area contributed by atoms with Gasteiger partial charge in [-0.25, -0.2) is 9.97 Å². The van der Waals surface area contributed by atoms with E-state index >= 15 is 0 Å². The maximum atomic E-state index is 12.2. The molecule has 0 unspecified atom stereocenters. The maximum Gasteiger partial charge on any atom is 0.356 e. The van der Waals surface area contributed by atoms with Gasteiger partial charge >= 0.3 is 5.69 Å². The summed E-state index contributed by atoms with van der Waals surface area (Å²) < 4.78 is 0. The number of amides is 2. The molecule has 0 atom stereocenters. The number of benzene rings is 1. The van der Waals surface area contributed by atoms with Crippen molar-refractivity contribution in [2.75, 3.05) is 10.9 Å². The summed E-state index contributed by atoms with van der Waals surface area (Å²) in [7, 11) is 0. The third-order valence-electron chi connectivity index (χ3n) is 3.65. The van der Waals surface area contributed by atoms with Crippen LogP contribution in [0.5, 0.6) is 0 Å². The van der Waals surface area contributed by atoms with Crippen molar-refractivity contribution in [1.82, 2.24) is 25.8 Å². The average molecular weight is 429 g/mol. The van der Waals surface area contributed by atoms with Crippen LogP contribution >= 0.6 is 11.6 Å². The largest absolute Gasteiger partial charge is 0.356 e. The normalized spacial score (nSPS) is 10.0. The summed E-state index contributed by atoms with van der Waals surface area (Å²) in [5.41, 5.74) is 9.15. The van der Waals surface area contributed by atoms with Gasteiger partial charge in [-0.2, -0.15) is 0 Å². The summed E-state index contributed by atoms with van der Waals surface area (Å²) in [5, 5.41) is 11.7. The Hall–Kier alpha value is -4.32. The number of carbonyl (C=O) groups is 2. The molecular weight excluding hydrogens is 416 g/mol. The first-order valence-electron chi connectivity index (χ1n) is 8.24. The van der Waals surface area contributed by atoms with E-state index in [0.29, 0.717) is 0 Å². The van der Waals surface area contributed by atoms with Crippen LogP contribution in [0.25, 0.3) is 0 Å². The van der Waals surface area contributed by atoms with E-state index in [1.165, 1.54) is 36.7 Å². The fourth-order valence-electron chi connectivity index (χ4n) is 2.25. The molecule has 0 aliphatic heterocycles. The second-order valence-electron chi connectivity index (χ2n) is 5.55. The van der Waals surface area contributed by atoms with Crippen molar-refractivity contribution in [3.05, 3.63) is 81.4 Å². The van der Waals surface area contributed by atoms with E-state index in [0.717, 1.165) is 6.33 Å². The lowest BCUT2D eigenvalue weighted by molar-refractivity contribution is -0.383.